The van der Waals surface area contributed by atoms with E-state index < -0.39 is 0 Å². The summed E-state index contributed by atoms with van der Waals surface area (Å²) in [5, 5.41) is 7.80. The maximum absolute atomic E-state index is 11.6. The fourth-order valence-corrected chi connectivity index (χ4v) is 6.63. The first-order chi connectivity index (χ1) is 19.6. The van der Waals surface area contributed by atoms with Gasteiger partial charge in [0.1, 0.15) is 6.10 Å². The first-order valence-corrected chi connectivity index (χ1v) is 16.5. The third-order valence-electron chi connectivity index (χ3n) is 8.87. The highest BCUT2D eigenvalue weighted by Gasteiger charge is 2.17. The van der Waals surface area contributed by atoms with Gasteiger partial charge in [0.2, 0.25) is 0 Å². The summed E-state index contributed by atoms with van der Waals surface area (Å²) in [7, 11) is 0. The quantitative estimate of drug-likeness (QED) is 0.0671. The van der Waals surface area contributed by atoms with E-state index in [0.29, 0.717) is 0 Å². The van der Waals surface area contributed by atoms with Gasteiger partial charge in [-0.2, -0.15) is 0 Å². The third-order valence-corrected chi connectivity index (χ3v) is 8.87. The molecule has 0 fully saturated rings. The molecule has 216 valence electrons. The molecule has 0 unspecified atom stereocenters. The van der Waals surface area contributed by atoms with Crippen LogP contribution in [0.15, 0.2) is 48.5 Å². The summed E-state index contributed by atoms with van der Waals surface area (Å²) in [6.45, 7) is 5.75. The van der Waals surface area contributed by atoms with Gasteiger partial charge in [0.05, 0.1) is 0 Å². The van der Waals surface area contributed by atoms with E-state index in [1.165, 1.54) is 148 Å². The molecule has 0 aliphatic heterocycles. The monoisotopic (exact) mass is 540 g/mol. The summed E-state index contributed by atoms with van der Waals surface area (Å²) < 4.78 is 5.55. The second-order valence-corrected chi connectivity index (χ2v) is 12.1. The molecule has 40 heavy (non-hydrogen) atoms. The van der Waals surface area contributed by atoms with E-state index in [4.69, 9.17) is 4.74 Å². The van der Waals surface area contributed by atoms with Crippen LogP contribution in [0.3, 0.4) is 0 Å². The maximum Gasteiger partial charge on any atom is 0.303 e. The van der Waals surface area contributed by atoms with E-state index in [9.17, 15) is 4.79 Å². The van der Waals surface area contributed by atoms with Gasteiger partial charge in [0.15, 0.2) is 0 Å². The lowest BCUT2D eigenvalue weighted by Crippen LogP contribution is -2.05. The Morgan fingerprint density at radius 1 is 0.600 bits per heavy atom. The lowest BCUT2D eigenvalue weighted by molar-refractivity contribution is -0.145. The molecule has 0 saturated heterocycles. The Morgan fingerprint density at radius 2 is 1.05 bits per heavy atom. The van der Waals surface area contributed by atoms with Gasteiger partial charge in [-0.15, -0.1) is 0 Å². The van der Waals surface area contributed by atoms with Crippen molar-refractivity contribution in [2.24, 2.45) is 0 Å². The first kappa shape index (κ1) is 30.4. The zero-order valence-corrected chi connectivity index (χ0v) is 25.5. The molecule has 2 nitrogen and oxygen atoms in total. The first-order valence-electron chi connectivity index (χ1n) is 16.5. The predicted octanol–water partition coefficient (Wildman–Crippen LogP) is 12.0. The van der Waals surface area contributed by atoms with Gasteiger partial charge in [0, 0.05) is 12.5 Å². The molecule has 0 aromatic heterocycles. The molecule has 0 bridgehead atoms. The van der Waals surface area contributed by atoms with E-state index in [1.807, 2.05) is 6.92 Å². The van der Waals surface area contributed by atoms with Crippen LogP contribution in [0, 0.1) is 0 Å². The molecule has 4 aromatic rings. The predicted molar refractivity (Wildman–Crippen MR) is 174 cm³/mol. The van der Waals surface area contributed by atoms with Crippen LogP contribution in [-0.4, -0.2) is 5.97 Å². The van der Waals surface area contributed by atoms with Gasteiger partial charge in [-0.25, -0.2) is 0 Å². The van der Waals surface area contributed by atoms with E-state index in [1.54, 1.807) is 0 Å². The second kappa shape index (κ2) is 16.0. The number of carbonyl (C=O) groups is 1. The van der Waals surface area contributed by atoms with E-state index in [2.05, 4.69) is 55.5 Å². The zero-order valence-electron chi connectivity index (χ0n) is 25.5. The molecule has 1 atom stereocenters. The molecule has 2 heteroatoms. The van der Waals surface area contributed by atoms with Crippen LogP contribution in [0.5, 0.6) is 0 Å². The Labute approximate surface area is 243 Å². The van der Waals surface area contributed by atoms with Crippen LogP contribution in [0.2, 0.25) is 0 Å². The highest BCUT2D eigenvalue weighted by atomic mass is 16.5. The number of aryl methyl sites for hydroxylation is 1. The topological polar surface area (TPSA) is 26.3 Å². The van der Waals surface area contributed by atoms with E-state index in [-0.39, 0.29) is 12.1 Å². The Hall–Kier alpha value is -2.61. The Kier molecular flexibility index (Phi) is 12.1. The summed E-state index contributed by atoms with van der Waals surface area (Å²) in [6, 6.07) is 18.0. The van der Waals surface area contributed by atoms with Crippen molar-refractivity contribution in [2.45, 2.75) is 136 Å². The molecule has 4 aromatic carbocycles. The minimum Gasteiger partial charge on any atom is -0.458 e. The lowest BCUT2D eigenvalue weighted by Gasteiger charge is -2.19. The molecular formula is C38H52O2. The van der Waals surface area contributed by atoms with Crippen LogP contribution >= 0.6 is 0 Å². The standard InChI is InChI=1S/C38H52O2/c1-4-5-6-7-8-9-10-11-12-13-14-15-16-17-18-19-20-31-21-22-32-25-28-36-34(29(2)40-30(3)39)26-23-33-24-27-35(31)37(32)38(33)36/h21-29H,4-20H2,1-3H3/t29-/m1/s1. The molecule has 0 heterocycles. The number of ether oxygens (including phenoxy) is 1. The average Bonchev–Trinajstić information content (AvgIpc) is 2.95. The number of carbonyl (C=O) groups excluding carboxylic acids is 1. The van der Waals surface area contributed by atoms with Crippen molar-refractivity contribution in [1.29, 1.82) is 0 Å². The van der Waals surface area contributed by atoms with Gasteiger partial charge in [-0.3, -0.25) is 4.79 Å². The lowest BCUT2D eigenvalue weighted by atomic mass is 9.88. The number of hydrogen-bond donors (Lipinski definition) is 0. The smallest absolute Gasteiger partial charge is 0.303 e. The molecule has 0 N–H and O–H groups in total. The molecule has 0 spiro atoms. The number of benzene rings is 4. The Balaban J connectivity index is 1.22. The van der Waals surface area contributed by atoms with Crippen molar-refractivity contribution >= 4 is 38.3 Å². The second-order valence-electron chi connectivity index (χ2n) is 12.1. The van der Waals surface area contributed by atoms with Gasteiger partial charge in [-0.1, -0.05) is 152 Å². The average molecular weight is 541 g/mol. The van der Waals surface area contributed by atoms with Crippen molar-refractivity contribution in [3.05, 3.63) is 59.7 Å². The minimum atomic E-state index is -0.258. The highest BCUT2D eigenvalue weighted by molar-refractivity contribution is 6.24. The summed E-state index contributed by atoms with van der Waals surface area (Å²) in [6.07, 6.45) is 23.4. The minimum absolute atomic E-state index is 0.237. The van der Waals surface area contributed by atoms with Gasteiger partial charge < -0.3 is 4.74 Å². The van der Waals surface area contributed by atoms with Crippen LogP contribution in [0.25, 0.3) is 32.3 Å². The van der Waals surface area contributed by atoms with Crippen molar-refractivity contribution in [1.82, 2.24) is 0 Å². The van der Waals surface area contributed by atoms with Crippen LogP contribution in [0.4, 0.5) is 0 Å². The summed E-state index contributed by atoms with van der Waals surface area (Å²) in [4.78, 5) is 11.6. The molecule has 4 rings (SSSR count). The van der Waals surface area contributed by atoms with E-state index in [0.717, 1.165) is 12.0 Å². The third kappa shape index (κ3) is 8.21. The number of hydrogen-bond acceptors (Lipinski definition) is 2. The molecule has 0 radical (unpaired) electrons. The fraction of sp³-hybridized carbons (Fsp3) is 0.553. The van der Waals surface area contributed by atoms with Crippen LogP contribution in [-0.2, 0) is 16.0 Å². The molecule has 0 aliphatic rings. The van der Waals surface area contributed by atoms with E-state index >= 15 is 0 Å². The highest BCUT2D eigenvalue weighted by Crippen LogP contribution is 2.39. The van der Waals surface area contributed by atoms with Gasteiger partial charge >= 0.3 is 5.97 Å². The maximum atomic E-state index is 11.6. The van der Waals surface area contributed by atoms with Crippen molar-refractivity contribution < 1.29 is 9.53 Å². The van der Waals surface area contributed by atoms with Gasteiger partial charge in [-0.05, 0) is 57.6 Å². The van der Waals surface area contributed by atoms with Crippen LogP contribution in [0.1, 0.15) is 141 Å². The summed E-state index contributed by atoms with van der Waals surface area (Å²) in [5.41, 5.74) is 2.55. The van der Waals surface area contributed by atoms with Crippen LogP contribution < -0.4 is 0 Å². The zero-order chi connectivity index (χ0) is 28.2. The molecular weight excluding hydrogens is 488 g/mol. The SMILES string of the molecule is CCCCCCCCCCCCCCCCCCc1ccc2ccc3c([C@@H](C)OC(C)=O)ccc4ccc1c2c43. The van der Waals surface area contributed by atoms with Crippen molar-refractivity contribution in [3.8, 4) is 0 Å². The van der Waals surface area contributed by atoms with Gasteiger partial charge in [0.25, 0.3) is 0 Å². The number of esters is 1. The normalized spacial score (nSPS) is 12.6. The summed E-state index contributed by atoms with van der Waals surface area (Å²) in [5.74, 6) is -0.237. The van der Waals surface area contributed by atoms with Crippen molar-refractivity contribution in [2.75, 3.05) is 0 Å². The molecule has 0 aliphatic carbocycles. The molecule has 0 amide bonds. The Bertz CT molecular complexity index is 1320. The number of rotatable bonds is 19. The Morgan fingerprint density at radius 3 is 1.60 bits per heavy atom. The van der Waals surface area contributed by atoms with Crippen molar-refractivity contribution in [3.63, 3.8) is 0 Å². The summed E-state index contributed by atoms with van der Waals surface area (Å²) >= 11 is 0. The molecule has 0 saturated carbocycles. The fourth-order valence-electron chi connectivity index (χ4n) is 6.63. The largest absolute Gasteiger partial charge is 0.458 e. The number of unbranched alkanes of at least 4 members (excludes halogenated alkanes) is 15.